The number of nitrogens with zero attached hydrogens (tertiary/aromatic N) is 3. The summed E-state index contributed by atoms with van der Waals surface area (Å²) in [6.45, 7) is 4.00. The van der Waals surface area contributed by atoms with Gasteiger partial charge in [-0.3, -0.25) is 0 Å². The van der Waals surface area contributed by atoms with Gasteiger partial charge in [-0.25, -0.2) is 4.98 Å². The molecule has 124 valence electrons. The van der Waals surface area contributed by atoms with Crippen LogP contribution in [0.15, 0.2) is 41.1 Å². The molecule has 0 saturated carbocycles. The van der Waals surface area contributed by atoms with E-state index in [1.165, 1.54) is 0 Å². The first-order valence-electron chi connectivity index (χ1n) is 7.52. The van der Waals surface area contributed by atoms with E-state index in [0.717, 1.165) is 20.4 Å². The van der Waals surface area contributed by atoms with Crippen LogP contribution in [0.5, 0.6) is 5.75 Å². The molecule has 0 aliphatic carbocycles. The van der Waals surface area contributed by atoms with Crippen LogP contribution < -0.4 is 10.1 Å². The van der Waals surface area contributed by atoms with Crippen molar-refractivity contribution in [3.8, 4) is 28.6 Å². The molecule has 0 bridgehead atoms. The average molecular weight is 436 g/mol. The van der Waals surface area contributed by atoms with Crippen LogP contribution in [0.4, 0.5) is 5.82 Å². The molecule has 24 heavy (non-hydrogen) atoms. The fourth-order valence-corrected chi connectivity index (χ4v) is 2.86. The van der Waals surface area contributed by atoms with Crippen LogP contribution in [0.2, 0.25) is 0 Å². The molecule has 0 spiro atoms. The molecule has 3 rings (SSSR count). The summed E-state index contributed by atoms with van der Waals surface area (Å²) in [7, 11) is 1.81. The molecule has 7 heteroatoms. The van der Waals surface area contributed by atoms with E-state index in [2.05, 4.69) is 43.0 Å². The summed E-state index contributed by atoms with van der Waals surface area (Å²) in [4.78, 5) is 8.75. The maximum absolute atomic E-state index is 5.75. The van der Waals surface area contributed by atoms with E-state index >= 15 is 0 Å². The summed E-state index contributed by atoms with van der Waals surface area (Å²) in [6, 6.07) is 9.55. The second kappa shape index (κ2) is 7.16. The molecule has 1 N–H and O–H groups in total. The molecule has 0 unspecified atom stereocenters. The van der Waals surface area contributed by atoms with Gasteiger partial charge < -0.3 is 14.6 Å². The van der Waals surface area contributed by atoms with Crippen molar-refractivity contribution in [2.24, 2.45) is 0 Å². The molecule has 2 aromatic heterocycles. The Morgan fingerprint density at radius 2 is 2.08 bits per heavy atom. The van der Waals surface area contributed by atoms with E-state index in [-0.39, 0.29) is 6.10 Å². The maximum atomic E-state index is 5.75. The lowest BCUT2D eigenvalue weighted by Crippen LogP contribution is -2.06. The van der Waals surface area contributed by atoms with E-state index in [1.807, 2.05) is 51.2 Å². The van der Waals surface area contributed by atoms with Gasteiger partial charge in [0.15, 0.2) is 0 Å². The minimum atomic E-state index is 0.130. The van der Waals surface area contributed by atoms with E-state index in [1.54, 1.807) is 6.20 Å². The van der Waals surface area contributed by atoms with Crippen molar-refractivity contribution in [3.05, 3.63) is 40.1 Å². The lowest BCUT2D eigenvalue weighted by atomic mass is 10.2. The van der Waals surface area contributed by atoms with Gasteiger partial charge in [-0.1, -0.05) is 5.16 Å². The number of halogens is 1. The Balaban J connectivity index is 1.92. The maximum Gasteiger partial charge on any atom is 0.258 e. The first-order valence-corrected chi connectivity index (χ1v) is 8.59. The zero-order valence-electron chi connectivity index (χ0n) is 13.6. The first kappa shape index (κ1) is 16.7. The predicted molar refractivity (Wildman–Crippen MR) is 101 cm³/mol. The number of aromatic nitrogens is 3. The molecular weight excluding hydrogens is 419 g/mol. The Bertz CT molecular complexity index is 848. The number of ether oxygens (including phenoxy) is 1. The van der Waals surface area contributed by atoms with Crippen molar-refractivity contribution in [1.82, 2.24) is 15.1 Å². The van der Waals surface area contributed by atoms with Crippen molar-refractivity contribution in [3.63, 3.8) is 0 Å². The Morgan fingerprint density at radius 3 is 2.79 bits per heavy atom. The van der Waals surface area contributed by atoms with Gasteiger partial charge in [0.2, 0.25) is 5.82 Å². The fraction of sp³-hybridized carbons (Fsp3) is 0.235. The molecule has 0 aliphatic rings. The molecule has 2 heterocycles. The molecule has 0 atom stereocenters. The Hall–Kier alpha value is -2.16. The zero-order valence-corrected chi connectivity index (χ0v) is 15.7. The number of hydrogen-bond donors (Lipinski definition) is 1. The van der Waals surface area contributed by atoms with Gasteiger partial charge >= 0.3 is 0 Å². The number of benzene rings is 1. The average Bonchev–Trinajstić information content (AvgIpc) is 3.06. The van der Waals surface area contributed by atoms with E-state index in [4.69, 9.17) is 9.26 Å². The van der Waals surface area contributed by atoms with E-state index in [0.29, 0.717) is 17.5 Å². The second-order valence-corrected chi connectivity index (χ2v) is 6.55. The fourth-order valence-electron chi connectivity index (χ4n) is 2.22. The molecule has 0 amide bonds. The third kappa shape index (κ3) is 3.50. The smallest absolute Gasteiger partial charge is 0.258 e. The Kier molecular flexibility index (Phi) is 4.98. The van der Waals surface area contributed by atoms with Crippen molar-refractivity contribution in [2.75, 3.05) is 12.4 Å². The molecule has 3 aromatic rings. The summed E-state index contributed by atoms with van der Waals surface area (Å²) < 4.78 is 12.2. The summed E-state index contributed by atoms with van der Waals surface area (Å²) >= 11 is 2.24. The van der Waals surface area contributed by atoms with E-state index in [9.17, 15) is 0 Å². The highest BCUT2D eigenvalue weighted by Crippen LogP contribution is 2.30. The van der Waals surface area contributed by atoms with Gasteiger partial charge in [0.1, 0.15) is 11.6 Å². The van der Waals surface area contributed by atoms with Crippen LogP contribution in [0.25, 0.3) is 22.8 Å². The number of anilines is 1. The molecule has 0 saturated heterocycles. The number of nitrogens with one attached hydrogen (secondary N) is 1. The topological polar surface area (TPSA) is 73.1 Å². The summed E-state index contributed by atoms with van der Waals surface area (Å²) in [5, 5.41) is 7.10. The minimum absolute atomic E-state index is 0.130. The molecular formula is C17H17IN4O2. The highest BCUT2D eigenvalue weighted by molar-refractivity contribution is 14.1. The standard InChI is InChI=1S/C17H17IN4O2/c1-10(2)23-14-7-6-11(9-13(14)18)17-21-16(22-24-17)12-5-4-8-20-15(12)19-3/h4-10H,1-3H3,(H,19,20). The summed E-state index contributed by atoms with van der Waals surface area (Å²) in [5.74, 6) is 2.52. The van der Waals surface area contributed by atoms with Crippen LogP contribution in [0.1, 0.15) is 13.8 Å². The molecule has 6 nitrogen and oxygen atoms in total. The second-order valence-electron chi connectivity index (χ2n) is 5.38. The quantitative estimate of drug-likeness (QED) is 0.604. The van der Waals surface area contributed by atoms with Crippen LogP contribution in [-0.2, 0) is 0 Å². The minimum Gasteiger partial charge on any atom is -0.490 e. The monoisotopic (exact) mass is 436 g/mol. The molecule has 0 fully saturated rings. The Labute approximate surface area is 153 Å². The van der Waals surface area contributed by atoms with Gasteiger partial charge in [0.05, 0.1) is 15.2 Å². The van der Waals surface area contributed by atoms with Crippen molar-refractivity contribution in [2.45, 2.75) is 20.0 Å². The highest BCUT2D eigenvalue weighted by atomic mass is 127. The Morgan fingerprint density at radius 1 is 1.25 bits per heavy atom. The number of hydrogen-bond acceptors (Lipinski definition) is 6. The van der Waals surface area contributed by atoms with Gasteiger partial charge in [0.25, 0.3) is 5.89 Å². The summed E-state index contributed by atoms with van der Waals surface area (Å²) in [5.41, 5.74) is 1.65. The van der Waals surface area contributed by atoms with Crippen LogP contribution in [-0.4, -0.2) is 28.3 Å². The van der Waals surface area contributed by atoms with E-state index < -0.39 is 0 Å². The summed E-state index contributed by atoms with van der Waals surface area (Å²) in [6.07, 6.45) is 1.84. The lowest BCUT2D eigenvalue weighted by molar-refractivity contribution is 0.240. The number of rotatable bonds is 5. The number of pyridine rings is 1. The van der Waals surface area contributed by atoms with Gasteiger partial charge in [-0.05, 0) is 66.8 Å². The van der Waals surface area contributed by atoms with Gasteiger partial charge in [-0.2, -0.15) is 4.98 Å². The van der Waals surface area contributed by atoms with Crippen molar-refractivity contribution in [1.29, 1.82) is 0 Å². The molecule has 0 aliphatic heterocycles. The SMILES string of the molecule is CNc1ncccc1-c1noc(-c2ccc(OC(C)C)c(I)c2)n1. The van der Waals surface area contributed by atoms with Crippen LogP contribution >= 0.6 is 22.6 Å². The van der Waals surface area contributed by atoms with Gasteiger partial charge in [-0.15, -0.1) is 0 Å². The zero-order chi connectivity index (χ0) is 17.1. The van der Waals surface area contributed by atoms with Crippen LogP contribution in [0.3, 0.4) is 0 Å². The largest absolute Gasteiger partial charge is 0.490 e. The van der Waals surface area contributed by atoms with Crippen molar-refractivity contribution < 1.29 is 9.26 Å². The van der Waals surface area contributed by atoms with Gasteiger partial charge in [0, 0.05) is 18.8 Å². The molecule has 0 radical (unpaired) electrons. The third-order valence-electron chi connectivity index (χ3n) is 3.25. The van der Waals surface area contributed by atoms with Crippen molar-refractivity contribution >= 4 is 28.4 Å². The lowest BCUT2D eigenvalue weighted by Gasteiger charge is -2.11. The first-order chi connectivity index (χ1) is 11.6. The predicted octanol–water partition coefficient (Wildman–Crippen LogP) is 4.23. The third-order valence-corrected chi connectivity index (χ3v) is 4.10. The molecule has 1 aromatic carbocycles. The van der Waals surface area contributed by atoms with Crippen LogP contribution in [0, 0.1) is 3.57 Å². The highest BCUT2D eigenvalue weighted by Gasteiger charge is 2.15. The normalized spacial score (nSPS) is 10.9.